The second kappa shape index (κ2) is 6.04. The number of hydrogen-bond donors (Lipinski definition) is 2. The fourth-order valence-electron chi connectivity index (χ4n) is 2.84. The molecule has 1 aromatic heterocycles. The van der Waals surface area contributed by atoms with E-state index in [1.807, 2.05) is 0 Å². The van der Waals surface area contributed by atoms with E-state index >= 15 is 0 Å². The molecule has 0 unspecified atom stereocenters. The van der Waals surface area contributed by atoms with E-state index in [1.165, 1.54) is 6.20 Å². The Bertz CT molecular complexity index is 733. The van der Waals surface area contributed by atoms with E-state index in [0.29, 0.717) is 23.4 Å². The Hall–Kier alpha value is -2.34. The fraction of sp³-hybridized carbons (Fsp3) is 0.312. The summed E-state index contributed by atoms with van der Waals surface area (Å²) in [6.07, 6.45) is 5.52. The number of rotatable bonds is 4. The molecule has 0 saturated heterocycles. The molecule has 1 amide bonds. The van der Waals surface area contributed by atoms with Crippen LogP contribution in [0.4, 0.5) is 0 Å². The van der Waals surface area contributed by atoms with Crippen LogP contribution in [0.25, 0.3) is 5.69 Å². The first kappa shape index (κ1) is 15.6. The van der Waals surface area contributed by atoms with Crippen LogP contribution in [-0.2, 0) is 4.79 Å². The molecular formula is C16H16ClN3O3. The summed E-state index contributed by atoms with van der Waals surface area (Å²) in [5, 5.41) is 16.8. The third-order valence-electron chi connectivity index (χ3n) is 4.16. The Kier molecular flexibility index (Phi) is 4.09. The molecule has 1 aliphatic carbocycles. The third kappa shape index (κ3) is 3.07. The maximum absolute atomic E-state index is 12.4. The number of carbonyl (C=O) groups excluding carboxylic acids is 1. The van der Waals surface area contributed by atoms with Gasteiger partial charge in [-0.15, -0.1) is 0 Å². The van der Waals surface area contributed by atoms with Crippen molar-refractivity contribution in [2.24, 2.45) is 0 Å². The predicted molar refractivity (Wildman–Crippen MR) is 84.9 cm³/mol. The number of aromatic nitrogens is 2. The summed E-state index contributed by atoms with van der Waals surface area (Å²) < 4.78 is 1.55. The smallest absolute Gasteiger partial charge is 0.329 e. The van der Waals surface area contributed by atoms with Crippen molar-refractivity contribution in [2.75, 3.05) is 0 Å². The predicted octanol–water partition coefficient (Wildman–Crippen LogP) is 2.65. The van der Waals surface area contributed by atoms with E-state index in [2.05, 4.69) is 10.4 Å². The van der Waals surface area contributed by atoms with Crippen LogP contribution in [0.1, 0.15) is 36.0 Å². The lowest BCUT2D eigenvalue weighted by Gasteiger charge is -2.24. The molecule has 6 nitrogen and oxygen atoms in total. The minimum atomic E-state index is -1.15. The monoisotopic (exact) mass is 333 g/mol. The van der Waals surface area contributed by atoms with E-state index in [1.54, 1.807) is 35.1 Å². The van der Waals surface area contributed by atoms with Gasteiger partial charge in [0.05, 0.1) is 17.4 Å². The highest BCUT2D eigenvalue weighted by Crippen LogP contribution is 2.30. The summed E-state index contributed by atoms with van der Waals surface area (Å²) in [4.78, 5) is 23.9. The van der Waals surface area contributed by atoms with Gasteiger partial charge in [0.25, 0.3) is 5.91 Å². The second-order valence-electron chi connectivity index (χ2n) is 5.70. The van der Waals surface area contributed by atoms with Crippen LogP contribution in [0, 0.1) is 0 Å². The zero-order valence-corrected chi connectivity index (χ0v) is 13.1. The normalized spacial score (nSPS) is 16.2. The van der Waals surface area contributed by atoms with Crippen molar-refractivity contribution in [1.82, 2.24) is 15.1 Å². The van der Waals surface area contributed by atoms with E-state index in [9.17, 15) is 14.7 Å². The number of halogens is 1. The van der Waals surface area contributed by atoms with Gasteiger partial charge in [-0.3, -0.25) is 4.79 Å². The average molecular weight is 334 g/mol. The molecule has 0 atom stereocenters. The van der Waals surface area contributed by atoms with Gasteiger partial charge in [-0.1, -0.05) is 24.4 Å². The number of aliphatic carboxylic acids is 1. The molecule has 0 radical (unpaired) electrons. The van der Waals surface area contributed by atoms with Crippen molar-refractivity contribution in [1.29, 1.82) is 0 Å². The van der Waals surface area contributed by atoms with Gasteiger partial charge >= 0.3 is 5.97 Å². The number of carboxylic acids is 1. The second-order valence-corrected chi connectivity index (χ2v) is 6.13. The number of hydrogen-bond acceptors (Lipinski definition) is 3. The summed E-state index contributed by atoms with van der Waals surface area (Å²) in [5.74, 6) is -1.40. The first-order valence-corrected chi connectivity index (χ1v) is 7.74. The highest BCUT2D eigenvalue weighted by atomic mass is 35.5. The number of amides is 1. The molecule has 7 heteroatoms. The molecule has 1 saturated carbocycles. The average Bonchev–Trinajstić information content (AvgIpc) is 3.17. The molecule has 2 N–H and O–H groups in total. The molecule has 2 aromatic rings. The standard InChI is InChI=1S/C16H16ClN3O3/c17-12-3-5-13(6-4-12)20-10-11(9-18-20)14(21)19-16(15(22)23)7-1-2-8-16/h3-6,9-10H,1-2,7-8H2,(H,19,21)(H,22,23). The largest absolute Gasteiger partial charge is 0.480 e. The summed E-state index contributed by atoms with van der Waals surface area (Å²) in [6, 6.07) is 7.03. The molecule has 1 heterocycles. The van der Waals surface area contributed by atoms with Gasteiger partial charge in [0.15, 0.2) is 0 Å². The molecule has 0 bridgehead atoms. The van der Waals surface area contributed by atoms with Crippen molar-refractivity contribution in [3.05, 3.63) is 47.2 Å². The van der Waals surface area contributed by atoms with Crippen LogP contribution in [-0.4, -0.2) is 32.3 Å². The topological polar surface area (TPSA) is 84.2 Å². The van der Waals surface area contributed by atoms with Crippen molar-refractivity contribution in [2.45, 2.75) is 31.2 Å². The lowest BCUT2D eigenvalue weighted by molar-refractivity contribution is -0.144. The highest BCUT2D eigenvalue weighted by Gasteiger charge is 2.42. The molecule has 23 heavy (non-hydrogen) atoms. The van der Waals surface area contributed by atoms with Crippen molar-refractivity contribution >= 4 is 23.5 Å². The van der Waals surface area contributed by atoms with Crippen molar-refractivity contribution < 1.29 is 14.7 Å². The Morgan fingerprint density at radius 2 is 1.87 bits per heavy atom. The van der Waals surface area contributed by atoms with Gasteiger partial charge in [0.2, 0.25) is 0 Å². The number of carbonyl (C=O) groups is 2. The first-order valence-electron chi connectivity index (χ1n) is 7.37. The third-order valence-corrected chi connectivity index (χ3v) is 4.41. The Balaban J connectivity index is 1.78. The number of nitrogens with one attached hydrogen (secondary N) is 1. The molecule has 1 aliphatic rings. The van der Waals surface area contributed by atoms with Crippen LogP contribution >= 0.6 is 11.6 Å². The van der Waals surface area contributed by atoms with Gasteiger partial charge in [-0.2, -0.15) is 5.10 Å². The summed E-state index contributed by atoms with van der Waals surface area (Å²) in [7, 11) is 0. The minimum absolute atomic E-state index is 0.326. The molecule has 120 valence electrons. The summed E-state index contributed by atoms with van der Waals surface area (Å²) >= 11 is 5.85. The summed E-state index contributed by atoms with van der Waals surface area (Å²) in [6.45, 7) is 0. The summed E-state index contributed by atoms with van der Waals surface area (Å²) in [5.41, 5.74) is -0.0610. The van der Waals surface area contributed by atoms with E-state index < -0.39 is 17.4 Å². The van der Waals surface area contributed by atoms with Gasteiger partial charge in [0.1, 0.15) is 5.54 Å². The quantitative estimate of drug-likeness (QED) is 0.901. The van der Waals surface area contributed by atoms with Crippen LogP contribution in [0.3, 0.4) is 0 Å². The molecule has 0 spiro atoms. The molecule has 1 fully saturated rings. The molecule has 1 aromatic carbocycles. The number of carboxylic acid groups (broad SMARTS) is 1. The highest BCUT2D eigenvalue weighted by molar-refractivity contribution is 6.30. The van der Waals surface area contributed by atoms with Gasteiger partial charge in [-0.25, -0.2) is 9.48 Å². The van der Waals surface area contributed by atoms with Gasteiger partial charge in [-0.05, 0) is 37.1 Å². The molecule has 0 aliphatic heterocycles. The van der Waals surface area contributed by atoms with Crippen LogP contribution in [0.5, 0.6) is 0 Å². The first-order chi connectivity index (χ1) is 11.0. The lowest BCUT2D eigenvalue weighted by atomic mass is 9.97. The number of nitrogens with zero attached hydrogens (tertiary/aromatic N) is 2. The maximum atomic E-state index is 12.4. The van der Waals surface area contributed by atoms with Crippen molar-refractivity contribution in [3.8, 4) is 5.69 Å². The molecular weight excluding hydrogens is 318 g/mol. The van der Waals surface area contributed by atoms with E-state index in [0.717, 1.165) is 18.5 Å². The Morgan fingerprint density at radius 1 is 1.22 bits per heavy atom. The van der Waals surface area contributed by atoms with E-state index in [4.69, 9.17) is 11.6 Å². The maximum Gasteiger partial charge on any atom is 0.329 e. The number of benzene rings is 1. The van der Waals surface area contributed by atoms with Gasteiger partial charge in [0, 0.05) is 11.2 Å². The van der Waals surface area contributed by atoms with Gasteiger partial charge < -0.3 is 10.4 Å². The fourth-order valence-corrected chi connectivity index (χ4v) is 2.96. The van der Waals surface area contributed by atoms with Crippen LogP contribution in [0.15, 0.2) is 36.7 Å². The zero-order valence-electron chi connectivity index (χ0n) is 12.3. The van der Waals surface area contributed by atoms with Crippen molar-refractivity contribution in [3.63, 3.8) is 0 Å². The Morgan fingerprint density at radius 3 is 2.48 bits per heavy atom. The lowest BCUT2D eigenvalue weighted by Crippen LogP contribution is -2.52. The molecule has 3 rings (SSSR count). The van der Waals surface area contributed by atoms with Crippen LogP contribution < -0.4 is 5.32 Å². The van der Waals surface area contributed by atoms with Crippen LogP contribution in [0.2, 0.25) is 5.02 Å². The Labute approximate surface area is 138 Å². The SMILES string of the molecule is O=C(NC1(C(=O)O)CCCC1)c1cnn(-c2ccc(Cl)cc2)c1. The zero-order chi connectivity index (χ0) is 16.4. The van der Waals surface area contributed by atoms with E-state index in [-0.39, 0.29) is 0 Å². The minimum Gasteiger partial charge on any atom is -0.480 e.